The average Bonchev–Trinajstić information content (AvgIpc) is 3.16. The molecule has 0 fully saturated rings. The minimum atomic E-state index is -0.731. The number of rotatable bonds is 9. The lowest BCUT2D eigenvalue weighted by Crippen LogP contribution is -2.47. The first kappa shape index (κ1) is 24.1. The second-order valence-corrected chi connectivity index (χ2v) is 7.84. The monoisotopic (exact) mass is 475 g/mol. The first-order valence-corrected chi connectivity index (χ1v) is 10.5. The molecular formula is C22H23ClFN5O4. The van der Waals surface area contributed by atoms with Gasteiger partial charge in [0, 0.05) is 17.5 Å². The van der Waals surface area contributed by atoms with Crippen LogP contribution in [0.3, 0.4) is 0 Å². The second-order valence-electron chi connectivity index (χ2n) is 7.43. The van der Waals surface area contributed by atoms with Gasteiger partial charge in [0.2, 0.25) is 11.8 Å². The predicted octanol–water partition coefficient (Wildman–Crippen LogP) is 1.45. The largest absolute Gasteiger partial charge is 0.394 e. The molecule has 0 saturated heterocycles. The number of carbonyl (C=O) groups excluding carboxylic acids is 3. The number of nitrogens with zero attached hydrogens (tertiary/aromatic N) is 3. The maximum Gasteiger partial charge on any atom is 0.269 e. The van der Waals surface area contributed by atoms with Gasteiger partial charge in [-0.2, -0.15) is 5.10 Å². The summed E-state index contributed by atoms with van der Waals surface area (Å²) in [5.41, 5.74) is 6.14. The fraction of sp³-hybridized carbons (Fsp3) is 0.273. The molecule has 0 aliphatic heterocycles. The van der Waals surface area contributed by atoms with E-state index in [1.54, 1.807) is 37.3 Å². The highest BCUT2D eigenvalue weighted by atomic mass is 35.5. The van der Waals surface area contributed by atoms with Gasteiger partial charge in [0.15, 0.2) is 5.69 Å². The van der Waals surface area contributed by atoms with Crippen molar-refractivity contribution in [2.45, 2.75) is 26.1 Å². The summed E-state index contributed by atoms with van der Waals surface area (Å²) in [4.78, 5) is 38.4. The number of benzene rings is 2. The van der Waals surface area contributed by atoms with Crippen LogP contribution in [-0.4, -0.2) is 56.7 Å². The number of aromatic nitrogens is 2. The molecule has 1 unspecified atom stereocenters. The van der Waals surface area contributed by atoms with Gasteiger partial charge >= 0.3 is 0 Å². The summed E-state index contributed by atoms with van der Waals surface area (Å²) in [5, 5.41) is 16.7. The van der Waals surface area contributed by atoms with E-state index in [4.69, 9.17) is 17.3 Å². The van der Waals surface area contributed by atoms with Gasteiger partial charge in [-0.3, -0.25) is 19.1 Å². The van der Waals surface area contributed by atoms with Crippen LogP contribution in [0, 0.1) is 5.82 Å². The summed E-state index contributed by atoms with van der Waals surface area (Å²) >= 11 is 5.75. The number of nitrogens with two attached hydrogens (primary N) is 1. The standard InChI is InChI=1S/C22H23ClFN5O4/c1-13(12-30)28(10-18(31)26-9-14-5-4-7-16(23)20(14)24)19(32)11-29-17-8-3-2-6-15(17)21(27-29)22(25)33/h2-8,13,30H,9-12H2,1H3,(H2,25,33)(H,26,31). The summed E-state index contributed by atoms with van der Waals surface area (Å²) in [6.07, 6.45) is 0. The minimum absolute atomic E-state index is 0.0291. The zero-order valence-corrected chi connectivity index (χ0v) is 18.6. The molecular weight excluding hydrogens is 453 g/mol. The van der Waals surface area contributed by atoms with Crippen molar-refractivity contribution in [3.63, 3.8) is 0 Å². The number of primary amides is 1. The Morgan fingerprint density at radius 3 is 2.67 bits per heavy atom. The molecule has 0 saturated carbocycles. The molecule has 3 aromatic rings. The van der Waals surface area contributed by atoms with Crippen LogP contribution in [0.1, 0.15) is 23.0 Å². The highest BCUT2D eigenvalue weighted by molar-refractivity contribution is 6.30. The summed E-state index contributed by atoms with van der Waals surface area (Å²) in [6, 6.07) is 10.6. The van der Waals surface area contributed by atoms with Crippen molar-refractivity contribution in [3.05, 3.63) is 64.6 Å². The molecule has 0 bridgehead atoms. The summed E-state index contributed by atoms with van der Waals surface area (Å²) in [7, 11) is 0. The van der Waals surface area contributed by atoms with Crippen LogP contribution in [0.15, 0.2) is 42.5 Å². The van der Waals surface area contributed by atoms with Crippen LogP contribution in [0.25, 0.3) is 10.9 Å². The van der Waals surface area contributed by atoms with Gasteiger partial charge in [0.05, 0.1) is 29.7 Å². The molecule has 0 aliphatic rings. The Morgan fingerprint density at radius 2 is 1.97 bits per heavy atom. The van der Waals surface area contributed by atoms with Crippen LogP contribution in [0.4, 0.5) is 4.39 Å². The Balaban J connectivity index is 1.74. The summed E-state index contributed by atoms with van der Waals surface area (Å²) in [5.74, 6) is -2.42. The van der Waals surface area contributed by atoms with Crippen molar-refractivity contribution in [3.8, 4) is 0 Å². The van der Waals surface area contributed by atoms with E-state index in [1.165, 1.54) is 21.7 Å². The lowest BCUT2D eigenvalue weighted by atomic mass is 10.2. The van der Waals surface area contributed by atoms with E-state index in [0.717, 1.165) is 0 Å². The van der Waals surface area contributed by atoms with Gasteiger partial charge in [-0.15, -0.1) is 0 Å². The zero-order chi connectivity index (χ0) is 24.1. The molecule has 1 aromatic heterocycles. The van der Waals surface area contributed by atoms with Crippen molar-refractivity contribution in [2.75, 3.05) is 13.2 Å². The quantitative estimate of drug-likeness (QED) is 0.431. The molecule has 0 aliphatic carbocycles. The molecule has 11 heteroatoms. The summed E-state index contributed by atoms with van der Waals surface area (Å²) in [6.45, 7) is 0.428. The van der Waals surface area contributed by atoms with Crippen molar-refractivity contribution < 1.29 is 23.9 Å². The van der Waals surface area contributed by atoms with Crippen LogP contribution in [0.2, 0.25) is 5.02 Å². The number of aliphatic hydroxyl groups excluding tert-OH is 1. The molecule has 0 spiro atoms. The molecule has 4 N–H and O–H groups in total. The van der Waals surface area contributed by atoms with Gasteiger partial charge in [-0.25, -0.2) is 4.39 Å². The van der Waals surface area contributed by atoms with Gasteiger partial charge in [-0.05, 0) is 19.1 Å². The molecule has 33 heavy (non-hydrogen) atoms. The summed E-state index contributed by atoms with van der Waals surface area (Å²) < 4.78 is 15.4. The zero-order valence-electron chi connectivity index (χ0n) is 17.8. The van der Waals surface area contributed by atoms with E-state index in [0.29, 0.717) is 10.9 Å². The Labute approximate surface area is 193 Å². The van der Waals surface area contributed by atoms with Gasteiger partial charge < -0.3 is 21.1 Å². The van der Waals surface area contributed by atoms with E-state index in [9.17, 15) is 23.9 Å². The lowest BCUT2D eigenvalue weighted by Gasteiger charge is -2.27. The highest BCUT2D eigenvalue weighted by Crippen LogP contribution is 2.19. The Bertz CT molecular complexity index is 1200. The Morgan fingerprint density at radius 1 is 1.24 bits per heavy atom. The number of para-hydroxylation sites is 1. The van der Waals surface area contributed by atoms with Crippen LogP contribution >= 0.6 is 11.6 Å². The number of carbonyl (C=O) groups is 3. The first-order chi connectivity index (χ1) is 15.7. The number of aliphatic hydroxyl groups is 1. The third-order valence-corrected chi connectivity index (χ3v) is 5.41. The van der Waals surface area contributed by atoms with Crippen molar-refractivity contribution in [1.82, 2.24) is 20.0 Å². The SMILES string of the molecule is CC(CO)N(CC(=O)NCc1cccc(Cl)c1F)C(=O)Cn1nc(C(N)=O)c2ccccc21. The topological polar surface area (TPSA) is 131 Å². The Hall–Kier alpha value is -3.50. The maximum atomic E-state index is 14.0. The van der Waals surface area contributed by atoms with Gasteiger partial charge in [-0.1, -0.05) is 41.9 Å². The molecule has 0 radical (unpaired) electrons. The van der Waals surface area contributed by atoms with Gasteiger partial charge in [0.25, 0.3) is 5.91 Å². The molecule has 1 heterocycles. The van der Waals surface area contributed by atoms with E-state index in [2.05, 4.69) is 10.4 Å². The van der Waals surface area contributed by atoms with Crippen molar-refractivity contribution in [2.24, 2.45) is 5.73 Å². The molecule has 174 valence electrons. The number of hydrogen-bond donors (Lipinski definition) is 3. The number of hydrogen-bond acceptors (Lipinski definition) is 5. The number of halogens is 2. The lowest BCUT2D eigenvalue weighted by molar-refractivity contribution is -0.139. The van der Waals surface area contributed by atoms with Crippen molar-refractivity contribution in [1.29, 1.82) is 0 Å². The maximum absolute atomic E-state index is 14.0. The normalized spacial score (nSPS) is 11.9. The fourth-order valence-electron chi connectivity index (χ4n) is 3.33. The number of amides is 3. The number of nitrogens with one attached hydrogen (secondary N) is 1. The van der Waals surface area contributed by atoms with Crippen molar-refractivity contribution >= 4 is 40.2 Å². The molecule has 2 aromatic carbocycles. The van der Waals surface area contributed by atoms with E-state index >= 15 is 0 Å². The van der Waals surface area contributed by atoms with Crippen LogP contribution in [0.5, 0.6) is 0 Å². The molecule has 9 nitrogen and oxygen atoms in total. The fourth-order valence-corrected chi connectivity index (χ4v) is 3.52. The average molecular weight is 476 g/mol. The van der Waals surface area contributed by atoms with Crippen LogP contribution < -0.4 is 11.1 Å². The van der Waals surface area contributed by atoms with E-state index in [1.807, 2.05) is 0 Å². The molecule has 3 rings (SSSR count). The van der Waals surface area contributed by atoms with Gasteiger partial charge in [0.1, 0.15) is 12.4 Å². The first-order valence-electron chi connectivity index (χ1n) is 10.1. The van der Waals surface area contributed by atoms with Crippen LogP contribution in [-0.2, 0) is 22.7 Å². The third-order valence-electron chi connectivity index (χ3n) is 5.11. The van der Waals surface area contributed by atoms with E-state index in [-0.39, 0.29) is 42.5 Å². The van der Waals surface area contributed by atoms with E-state index < -0.39 is 29.6 Å². The number of fused-ring (bicyclic) bond motifs is 1. The molecule has 1 atom stereocenters. The second kappa shape index (κ2) is 10.4. The molecule has 3 amide bonds. The minimum Gasteiger partial charge on any atom is -0.394 e. The Kier molecular flexibility index (Phi) is 7.62. The highest BCUT2D eigenvalue weighted by Gasteiger charge is 2.25. The smallest absolute Gasteiger partial charge is 0.269 e. The predicted molar refractivity (Wildman–Crippen MR) is 120 cm³/mol. The third kappa shape index (κ3) is 5.47.